The lowest BCUT2D eigenvalue weighted by Gasteiger charge is -2.05. The van der Waals surface area contributed by atoms with Gasteiger partial charge in [-0.15, -0.1) is 0 Å². The van der Waals surface area contributed by atoms with Crippen molar-refractivity contribution in [2.45, 2.75) is 20.0 Å². The first-order valence-corrected chi connectivity index (χ1v) is 2.73. The van der Waals surface area contributed by atoms with Gasteiger partial charge < -0.3 is 9.47 Å². The highest BCUT2D eigenvalue weighted by molar-refractivity contribution is 5.70. The fraction of sp³-hybridized carbons (Fsp3) is 0.667. The Kier molecular flexibility index (Phi) is 4.05. The Morgan fingerprint density at radius 2 is 2.22 bits per heavy atom. The van der Waals surface area contributed by atoms with Crippen molar-refractivity contribution in [3.63, 3.8) is 0 Å². The summed E-state index contributed by atoms with van der Waals surface area (Å²) in [6, 6.07) is 0. The third kappa shape index (κ3) is 5.30. The molecule has 53 valence electrons. The molecule has 0 amide bonds. The van der Waals surface area contributed by atoms with Gasteiger partial charge in [0.2, 0.25) is 0 Å². The summed E-state index contributed by atoms with van der Waals surface area (Å²) in [5.41, 5.74) is 0. The van der Waals surface area contributed by atoms with Crippen molar-refractivity contribution in [3.05, 3.63) is 7.11 Å². The van der Waals surface area contributed by atoms with E-state index in [1.165, 1.54) is 0 Å². The van der Waals surface area contributed by atoms with Crippen molar-refractivity contribution in [2.75, 3.05) is 6.61 Å². The van der Waals surface area contributed by atoms with E-state index < -0.39 is 0 Å². The van der Waals surface area contributed by atoms with Crippen LogP contribution in [0.15, 0.2) is 0 Å². The predicted molar refractivity (Wildman–Crippen MR) is 32.5 cm³/mol. The van der Waals surface area contributed by atoms with Crippen LogP contribution in [0.3, 0.4) is 0 Å². The summed E-state index contributed by atoms with van der Waals surface area (Å²) < 4.78 is 8.97. The number of carbonyl (C=O) groups excluding carboxylic acids is 1. The summed E-state index contributed by atoms with van der Waals surface area (Å²) in [6.07, 6.45) is -0.0763. The molecule has 0 heterocycles. The van der Waals surface area contributed by atoms with Gasteiger partial charge in [-0.2, -0.15) is 0 Å². The van der Waals surface area contributed by atoms with Crippen LogP contribution in [-0.2, 0) is 14.3 Å². The minimum Gasteiger partial charge on any atom is -0.461 e. The quantitative estimate of drug-likeness (QED) is 0.530. The van der Waals surface area contributed by atoms with E-state index in [2.05, 4.69) is 16.6 Å². The Hall–Kier alpha value is -0.570. The molecule has 3 nitrogen and oxygen atoms in total. The van der Waals surface area contributed by atoms with Gasteiger partial charge in [0.05, 0.1) is 13.2 Å². The van der Waals surface area contributed by atoms with Crippen molar-refractivity contribution in [3.8, 4) is 0 Å². The number of esters is 1. The molecule has 0 spiro atoms. The molecule has 0 saturated heterocycles. The number of ether oxygens (including phenoxy) is 2. The highest BCUT2D eigenvalue weighted by Gasteiger charge is 2.02. The molecular weight excluding hydrogens is 120 g/mol. The highest BCUT2D eigenvalue weighted by Crippen LogP contribution is 1.88. The molecule has 0 aromatic heterocycles. The summed E-state index contributed by atoms with van der Waals surface area (Å²) in [6.45, 7) is 3.49. The molecular formula is C6H11O3. The molecule has 0 saturated carbocycles. The standard InChI is InChI=1S/C6H11O3/c1-5(2)9-6(7)4-8-3/h5H,3-4H2,1-2H3. The maximum Gasteiger partial charge on any atom is 0.332 e. The smallest absolute Gasteiger partial charge is 0.332 e. The van der Waals surface area contributed by atoms with E-state index in [-0.39, 0.29) is 18.7 Å². The maximum atomic E-state index is 10.5. The SMILES string of the molecule is [CH2]OCC(=O)OC(C)C. The van der Waals surface area contributed by atoms with Gasteiger partial charge in [-0.05, 0) is 13.8 Å². The zero-order valence-electron chi connectivity index (χ0n) is 5.72. The lowest BCUT2D eigenvalue weighted by atomic mass is 10.5. The van der Waals surface area contributed by atoms with E-state index in [4.69, 9.17) is 0 Å². The van der Waals surface area contributed by atoms with Crippen LogP contribution in [0.4, 0.5) is 0 Å². The molecule has 0 bridgehead atoms. The predicted octanol–water partition coefficient (Wildman–Crippen LogP) is 0.746. The van der Waals surface area contributed by atoms with Crippen molar-refractivity contribution in [1.29, 1.82) is 0 Å². The Labute approximate surface area is 55.0 Å². The fourth-order valence-electron chi connectivity index (χ4n) is 0.380. The number of carbonyl (C=O) groups is 1. The van der Waals surface area contributed by atoms with Gasteiger partial charge in [0.25, 0.3) is 0 Å². The second kappa shape index (κ2) is 4.32. The van der Waals surface area contributed by atoms with Gasteiger partial charge in [-0.3, -0.25) is 0 Å². The fourth-order valence-corrected chi connectivity index (χ4v) is 0.380. The van der Waals surface area contributed by atoms with Crippen LogP contribution >= 0.6 is 0 Å². The Bertz CT molecular complexity index is 88.3. The van der Waals surface area contributed by atoms with Crippen molar-refractivity contribution in [1.82, 2.24) is 0 Å². The molecule has 0 fully saturated rings. The molecule has 0 rings (SSSR count). The number of rotatable bonds is 3. The Morgan fingerprint density at radius 1 is 1.67 bits per heavy atom. The van der Waals surface area contributed by atoms with E-state index in [1.807, 2.05) is 0 Å². The van der Waals surface area contributed by atoms with E-state index in [0.29, 0.717) is 0 Å². The highest BCUT2D eigenvalue weighted by atomic mass is 16.6. The summed E-state index contributed by atoms with van der Waals surface area (Å²) in [5.74, 6) is -0.375. The second-order valence-corrected chi connectivity index (χ2v) is 1.89. The van der Waals surface area contributed by atoms with Crippen molar-refractivity contribution < 1.29 is 14.3 Å². The minimum atomic E-state index is -0.375. The lowest BCUT2D eigenvalue weighted by molar-refractivity contribution is -0.150. The van der Waals surface area contributed by atoms with Gasteiger partial charge in [0.15, 0.2) is 0 Å². The van der Waals surface area contributed by atoms with Crippen LogP contribution in [0, 0.1) is 7.11 Å². The van der Waals surface area contributed by atoms with Crippen LogP contribution in [-0.4, -0.2) is 18.7 Å². The van der Waals surface area contributed by atoms with Gasteiger partial charge in [0.1, 0.15) is 6.61 Å². The number of hydrogen-bond acceptors (Lipinski definition) is 3. The molecule has 9 heavy (non-hydrogen) atoms. The van der Waals surface area contributed by atoms with Crippen LogP contribution in [0.2, 0.25) is 0 Å². The van der Waals surface area contributed by atoms with E-state index >= 15 is 0 Å². The zero-order chi connectivity index (χ0) is 7.28. The minimum absolute atomic E-state index is 0.0712. The first-order chi connectivity index (χ1) is 4.16. The Morgan fingerprint density at radius 3 is 2.56 bits per heavy atom. The molecule has 0 unspecified atom stereocenters. The summed E-state index contributed by atoms with van der Waals surface area (Å²) >= 11 is 0. The monoisotopic (exact) mass is 131 g/mol. The summed E-state index contributed by atoms with van der Waals surface area (Å²) in [7, 11) is 3.03. The second-order valence-electron chi connectivity index (χ2n) is 1.89. The van der Waals surface area contributed by atoms with Gasteiger partial charge in [0, 0.05) is 0 Å². The first kappa shape index (κ1) is 8.43. The molecule has 0 aliphatic heterocycles. The van der Waals surface area contributed by atoms with Crippen LogP contribution < -0.4 is 0 Å². The normalized spacial score (nSPS) is 9.78. The van der Waals surface area contributed by atoms with Gasteiger partial charge in [-0.1, -0.05) is 0 Å². The van der Waals surface area contributed by atoms with Crippen molar-refractivity contribution >= 4 is 5.97 Å². The van der Waals surface area contributed by atoms with E-state index in [0.717, 1.165) is 0 Å². The molecule has 0 aromatic rings. The third-order valence-electron chi connectivity index (χ3n) is 0.587. The molecule has 0 N–H and O–H groups in total. The van der Waals surface area contributed by atoms with Crippen LogP contribution in [0.1, 0.15) is 13.8 Å². The molecule has 0 aliphatic carbocycles. The Balaban J connectivity index is 3.27. The van der Waals surface area contributed by atoms with Crippen LogP contribution in [0.5, 0.6) is 0 Å². The van der Waals surface area contributed by atoms with Crippen molar-refractivity contribution in [2.24, 2.45) is 0 Å². The number of hydrogen-bond donors (Lipinski definition) is 0. The van der Waals surface area contributed by atoms with E-state index in [1.54, 1.807) is 13.8 Å². The summed E-state index contributed by atoms with van der Waals surface area (Å²) in [5, 5.41) is 0. The molecule has 0 atom stereocenters. The topological polar surface area (TPSA) is 35.5 Å². The van der Waals surface area contributed by atoms with Crippen LogP contribution in [0.25, 0.3) is 0 Å². The molecule has 3 heteroatoms. The first-order valence-electron chi connectivity index (χ1n) is 2.73. The maximum absolute atomic E-state index is 10.5. The average Bonchev–Trinajstić information content (AvgIpc) is 1.63. The third-order valence-corrected chi connectivity index (χ3v) is 0.587. The largest absolute Gasteiger partial charge is 0.461 e. The molecule has 0 aliphatic rings. The van der Waals surface area contributed by atoms with Gasteiger partial charge in [-0.25, -0.2) is 4.79 Å². The zero-order valence-corrected chi connectivity index (χ0v) is 5.72. The summed E-state index contributed by atoms with van der Waals surface area (Å²) in [4.78, 5) is 10.5. The van der Waals surface area contributed by atoms with Gasteiger partial charge >= 0.3 is 5.97 Å². The average molecular weight is 131 g/mol. The lowest BCUT2D eigenvalue weighted by Crippen LogP contribution is -2.15. The van der Waals surface area contributed by atoms with E-state index in [9.17, 15) is 4.79 Å². The molecule has 1 radical (unpaired) electrons. The molecule has 0 aromatic carbocycles.